The van der Waals surface area contributed by atoms with Crippen molar-refractivity contribution in [1.82, 2.24) is 4.98 Å². The number of nitrogens with zero attached hydrogens (tertiary/aromatic N) is 2. The smallest absolute Gasteiger partial charge is 0.268 e. The Kier molecular flexibility index (Phi) is 4.09. The van der Waals surface area contributed by atoms with Gasteiger partial charge in [0.05, 0.1) is 16.3 Å². The minimum Gasteiger partial charge on any atom is -0.268 e. The molecule has 1 aromatic heterocycles. The third kappa shape index (κ3) is 2.69. The van der Waals surface area contributed by atoms with Crippen LogP contribution in [0, 0.1) is 13.8 Å². The van der Waals surface area contributed by atoms with Gasteiger partial charge in [0.25, 0.3) is 5.91 Å². The molecule has 0 aliphatic carbocycles. The molecule has 1 saturated heterocycles. The summed E-state index contributed by atoms with van der Waals surface area (Å²) in [6, 6.07) is 11.6. The van der Waals surface area contributed by atoms with Crippen LogP contribution in [0.2, 0.25) is 0 Å². The maximum Gasteiger partial charge on any atom is 0.270 e. The molecule has 0 saturated carbocycles. The number of benzene rings is 1. The summed E-state index contributed by atoms with van der Waals surface area (Å²) >= 11 is 6.74. The summed E-state index contributed by atoms with van der Waals surface area (Å²) in [5, 5.41) is 0. The van der Waals surface area contributed by atoms with Crippen LogP contribution < -0.4 is 4.90 Å². The van der Waals surface area contributed by atoms with Gasteiger partial charge in [0.1, 0.15) is 0 Å². The molecule has 1 aliphatic heterocycles. The van der Waals surface area contributed by atoms with Gasteiger partial charge in [0.15, 0.2) is 4.32 Å². The van der Waals surface area contributed by atoms with Crippen LogP contribution in [0.25, 0.3) is 6.08 Å². The van der Waals surface area contributed by atoms with Gasteiger partial charge in [-0.3, -0.25) is 14.7 Å². The van der Waals surface area contributed by atoms with E-state index in [4.69, 9.17) is 12.2 Å². The third-order valence-electron chi connectivity index (χ3n) is 3.42. The predicted octanol–water partition coefficient (Wildman–Crippen LogP) is 4.10. The zero-order valence-electron chi connectivity index (χ0n) is 12.2. The second-order valence-electron chi connectivity index (χ2n) is 5.01. The molecule has 22 heavy (non-hydrogen) atoms. The van der Waals surface area contributed by atoms with Crippen molar-refractivity contribution in [2.24, 2.45) is 0 Å². The second-order valence-corrected chi connectivity index (χ2v) is 6.69. The summed E-state index contributed by atoms with van der Waals surface area (Å²) in [6.45, 7) is 3.98. The largest absolute Gasteiger partial charge is 0.270 e. The molecule has 0 atom stereocenters. The minimum atomic E-state index is -0.0851. The predicted molar refractivity (Wildman–Crippen MR) is 95.8 cm³/mol. The number of rotatable bonds is 2. The fourth-order valence-corrected chi connectivity index (χ4v) is 3.67. The van der Waals surface area contributed by atoms with Crippen LogP contribution in [-0.4, -0.2) is 15.2 Å². The zero-order valence-corrected chi connectivity index (χ0v) is 13.9. The van der Waals surface area contributed by atoms with E-state index in [-0.39, 0.29) is 5.91 Å². The summed E-state index contributed by atoms with van der Waals surface area (Å²) in [7, 11) is 0. The highest BCUT2D eigenvalue weighted by atomic mass is 32.2. The summed E-state index contributed by atoms with van der Waals surface area (Å²) in [5.41, 5.74) is 3.71. The number of anilines is 1. The lowest BCUT2D eigenvalue weighted by Gasteiger charge is -2.19. The van der Waals surface area contributed by atoms with Gasteiger partial charge in [-0.05, 0) is 43.2 Å². The van der Waals surface area contributed by atoms with E-state index in [1.54, 1.807) is 17.2 Å². The number of thiocarbonyl (C=S) groups is 1. The Labute approximate surface area is 139 Å². The molecule has 3 nitrogen and oxygen atoms in total. The lowest BCUT2D eigenvalue weighted by Crippen LogP contribution is -2.29. The van der Waals surface area contributed by atoms with Gasteiger partial charge < -0.3 is 0 Å². The molecule has 110 valence electrons. The Hall–Kier alpha value is -1.98. The van der Waals surface area contributed by atoms with Crippen LogP contribution in [-0.2, 0) is 4.79 Å². The molecule has 0 radical (unpaired) electrons. The van der Waals surface area contributed by atoms with Crippen molar-refractivity contribution in [3.8, 4) is 0 Å². The van der Waals surface area contributed by atoms with Crippen LogP contribution in [0.4, 0.5) is 5.69 Å². The van der Waals surface area contributed by atoms with Gasteiger partial charge >= 0.3 is 0 Å². The average molecular weight is 326 g/mol. The number of aryl methyl sites for hydroxylation is 2. The third-order valence-corrected chi connectivity index (χ3v) is 4.73. The molecule has 1 aliphatic rings. The van der Waals surface area contributed by atoms with E-state index in [1.165, 1.54) is 11.8 Å². The van der Waals surface area contributed by atoms with Crippen molar-refractivity contribution in [3.05, 3.63) is 64.3 Å². The molecule has 0 N–H and O–H groups in total. The number of hydrogen-bond donors (Lipinski definition) is 0. The zero-order chi connectivity index (χ0) is 15.7. The molecule has 0 unspecified atom stereocenters. The van der Waals surface area contributed by atoms with Crippen LogP contribution in [0.5, 0.6) is 0 Å². The van der Waals surface area contributed by atoms with E-state index in [2.05, 4.69) is 4.98 Å². The Balaban J connectivity index is 2.01. The number of amides is 1. The molecule has 2 aromatic rings. The van der Waals surface area contributed by atoms with Gasteiger partial charge in [-0.2, -0.15) is 0 Å². The molecule has 1 fully saturated rings. The topological polar surface area (TPSA) is 33.2 Å². The highest BCUT2D eigenvalue weighted by Crippen LogP contribution is 2.38. The first-order chi connectivity index (χ1) is 10.6. The fourth-order valence-electron chi connectivity index (χ4n) is 2.41. The van der Waals surface area contributed by atoms with E-state index >= 15 is 0 Å². The van der Waals surface area contributed by atoms with Crippen molar-refractivity contribution in [2.75, 3.05) is 4.90 Å². The fraction of sp³-hybridized carbons (Fsp3) is 0.118. The van der Waals surface area contributed by atoms with Crippen LogP contribution >= 0.6 is 24.0 Å². The van der Waals surface area contributed by atoms with Crippen LogP contribution in [0.3, 0.4) is 0 Å². The maximum absolute atomic E-state index is 12.7. The Morgan fingerprint density at radius 2 is 1.86 bits per heavy atom. The van der Waals surface area contributed by atoms with Gasteiger partial charge in [-0.1, -0.05) is 48.2 Å². The van der Waals surface area contributed by atoms with E-state index in [9.17, 15) is 4.79 Å². The molecular formula is C17H14N2OS2. The molecular weight excluding hydrogens is 312 g/mol. The molecule has 1 aromatic carbocycles. The normalized spacial score (nSPS) is 16.6. The number of thioether (sulfide) groups is 1. The average Bonchev–Trinajstić information content (AvgIpc) is 2.76. The molecule has 2 heterocycles. The van der Waals surface area contributed by atoms with Crippen molar-refractivity contribution in [1.29, 1.82) is 0 Å². The number of para-hydroxylation sites is 1. The highest BCUT2D eigenvalue weighted by molar-refractivity contribution is 8.27. The highest BCUT2D eigenvalue weighted by Gasteiger charge is 2.34. The van der Waals surface area contributed by atoms with Crippen molar-refractivity contribution in [2.45, 2.75) is 13.8 Å². The van der Waals surface area contributed by atoms with E-state index in [1.807, 2.05) is 50.2 Å². The lowest BCUT2D eigenvalue weighted by molar-refractivity contribution is -0.113. The summed E-state index contributed by atoms with van der Waals surface area (Å²) in [4.78, 5) is 19.2. The Bertz CT molecular complexity index is 764. The molecule has 0 bridgehead atoms. The van der Waals surface area contributed by atoms with Gasteiger partial charge in [0.2, 0.25) is 0 Å². The van der Waals surface area contributed by atoms with E-state index < -0.39 is 0 Å². The maximum atomic E-state index is 12.7. The SMILES string of the molecule is Cc1cccc(C)c1N1C(=O)/C(=C/c2ccccn2)SC1=S. The standard InChI is InChI=1S/C17H14N2OS2/c1-11-6-5-7-12(2)15(11)19-16(20)14(22-17(19)21)10-13-8-3-4-9-18-13/h3-10H,1-2H3/b14-10-. The lowest BCUT2D eigenvalue weighted by atomic mass is 10.1. The van der Waals surface area contributed by atoms with Gasteiger partial charge in [-0.15, -0.1) is 0 Å². The number of hydrogen-bond acceptors (Lipinski definition) is 4. The first-order valence-corrected chi connectivity index (χ1v) is 8.05. The van der Waals surface area contributed by atoms with Gasteiger partial charge in [0, 0.05) is 6.20 Å². The number of carbonyl (C=O) groups excluding carboxylic acids is 1. The van der Waals surface area contributed by atoms with Crippen LogP contribution in [0.15, 0.2) is 47.5 Å². The van der Waals surface area contributed by atoms with Crippen molar-refractivity contribution >= 4 is 46.0 Å². The second kappa shape index (κ2) is 6.02. The summed E-state index contributed by atoms with van der Waals surface area (Å²) in [5.74, 6) is -0.0851. The van der Waals surface area contributed by atoms with Crippen molar-refractivity contribution < 1.29 is 4.79 Å². The van der Waals surface area contributed by atoms with E-state index in [0.717, 1.165) is 22.5 Å². The van der Waals surface area contributed by atoms with Gasteiger partial charge in [-0.25, -0.2) is 0 Å². The van der Waals surface area contributed by atoms with Crippen molar-refractivity contribution in [3.63, 3.8) is 0 Å². The molecule has 0 spiro atoms. The minimum absolute atomic E-state index is 0.0851. The summed E-state index contributed by atoms with van der Waals surface area (Å²) < 4.78 is 0.560. The monoisotopic (exact) mass is 326 g/mol. The summed E-state index contributed by atoms with van der Waals surface area (Å²) in [6.07, 6.45) is 3.49. The number of pyridine rings is 1. The Morgan fingerprint density at radius 3 is 2.50 bits per heavy atom. The molecule has 3 rings (SSSR count). The van der Waals surface area contributed by atoms with E-state index in [0.29, 0.717) is 9.23 Å². The molecule has 5 heteroatoms. The molecule has 1 amide bonds. The first kappa shape index (κ1) is 14.9. The number of carbonyl (C=O) groups is 1. The quantitative estimate of drug-likeness (QED) is 0.614. The van der Waals surface area contributed by atoms with Crippen LogP contribution in [0.1, 0.15) is 16.8 Å². The Morgan fingerprint density at radius 1 is 1.14 bits per heavy atom. The first-order valence-electron chi connectivity index (χ1n) is 6.83. The number of aromatic nitrogens is 1.